The van der Waals surface area contributed by atoms with E-state index in [1.807, 2.05) is 0 Å². The lowest BCUT2D eigenvalue weighted by molar-refractivity contribution is 1.12. The van der Waals surface area contributed by atoms with Gasteiger partial charge in [-0.1, -0.05) is 24.3 Å². The monoisotopic (exact) mass is 402 g/mol. The van der Waals surface area contributed by atoms with Gasteiger partial charge in [-0.05, 0) is 12.1 Å². The number of fused-ring (bicyclic) bond motifs is 1. The zero-order chi connectivity index (χ0) is 21.7. The highest BCUT2D eigenvalue weighted by molar-refractivity contribution is 6.00. The maximum absolute atomic E-state index is 5.01. The third kappa shape index (κ3) is 3.32. The topological polar surface area (TPSA) is 37.7 Å². The van der Waals surface area contributed by atoms with Crippen LogP contribution >= 0.6 is 0 Å². The Balaban J connectivity index is 1.85. The average Bonchev–Trinajstić information content (AvgIpc) is 3.55. The van der Waals surface area contributed by atoms with Gasteiger partial charge in [0.05, 0.1) is 34.1 Å². The van der Waals surface area contributed by atoms with Crippen LogP contribution in [0.4, 0.5) is 34.1 Å². The second kappa shape index (κ2) is 7.20. The number of rotatable bonds is 6. The predicted molar refractivity (Wildman–Crippen MR) is 129 cm³/mol. The van der Waals surface area contributed by atoms with Crippen LogP contribution in [0.15, 0.2) is 46.4 Å². The molecule has 0 aliphatic carbocycles. The molecule has 0 saturated carbocycles. The van der Waals surface area contributed by atoms with Gasteiger partial charge in [-0.2, -0.15) is 0 Å². The average molecular weight is 403 g/mol. The van der Waals surface area contributed by atoms with Crippen molar-refractivity contribution in [3.05, 3.63) is 47.1 Å². The van der Waals surface area contributed by atoms with Gasteiger partial charge in [0, 0.05) is 67.2 Å². The summed E-state index contributed by atoms with van der Waals surface area (Å²) in [6.45, 7) is 0. The molecule has 4 aromatic rings. The zero-order valence-electron chi connectivity index (χ0n) is 19.1. The van der Waals surface area contributed by atoms with Gasteiger partial charge in [0.1, 0.15) is 10.7 Å². The van der Waals surface area contributed by atoms with E-state index in [-0.39, 0.29) is 0 Å². The van der Waals surface area contributed by atoms with Gasteiger partial charge in [-0.25, -0.2) is 9.98 Å². The maximum Gasteiger partial charge on any atom is 0.115 e. The minimum absolute atomic E-state index is 0.977. The van der Waals surface area contributed by atoms with Gasteiger partial charge in [-0.3, -0.25) is 0 Å². The molecule has 4 aromatic carbocycles. The molecule has 0 N–H and O–H groups in total. The lowest BCUT2D eigenvalue weighted by Gasteiger charge is -2.07. The second-order valence-electron chi connectivity index (χ2n) is 8.54. The van der Waals surface area contributed by atoms with Crippen LogP contribution in [0.1, 0.15) is 0 Å². The fourth-order valence-corrected chi connectivity index (χ4v) is 3.94. The van der Waals surface area contributed by atoms with E-state index in [2.05, 4.69) is 112 Å². The summed E-state index contributed by atoms with van der Waals surface area (Å²) in [7, 11) is 16.5. The second-order valence-corrected chi connectivity index (χ2v) is 8.54. The fourth-order valence-electron chi connectivity index (χ4n) is 3.94. The summed E-state index contributed by atoms with van der Waals surface area (Å²) in [6, 6.07) is 12.6. The number of anilines is 4. The first kappa shape index (κ1) is 20.0. The first-order valence-corrected chi connectivity index (χ1v) is 10.1. The minimum Gasteiger partial charge on any atom is -0.374 e. The van der Waals surface area contributed by atoms with Crippen molar-refractivity contribution in [3.63, 3.8) is 0 Å². The van der Waals surface area contributed by atoms with Gasteiger partial charge < -0.3 is 19.6 Å². The van der Waals surface area contributed by atoms with Crippen LogP contribution in [0.2, 0.25) is 0 Å². The quantitative estimate of drug-likeness (QED) is 0.496. The summed E-state index contributed by atoms with van der Waals surface area (Å²) in [5, 5.41) is 4.35. The molecule has 0 aromatic heterocycles. The molecule has 0 saturated heterocycles. The molecule has 0 unspecified atom stereocenters. The molecule has 0 atom stereocenters. The number of hydrogen-bond acceptors (Lipinski definition) is 6. The molecular weight excluding hydrogens is 372 g/mol. The number of hydrogen-bond donors (Lipinski definition) is 0. The Bertz CT molecular complexity index is 1110. The van der Waals surface area contributed by atoms with Gasteiger partial charge in [0.15, 0.2) is 0 Å². The van der Waals surface area contributed by atoms with Crippen molar-refractivity contribution in [3.8, 4) is 0 Å². The van der Waals surface area contributed by atoms with E-state index in [1.54, 1.807) is 0 Å². The highest BCUT2D eigenvalue weighted by Crippen LogP contribution is 2.37. The lowest BCUT2D eigenvalue weighted by Crippen LogP contribution is -2.08. The smallest absolute Gasteiger partial charge is 0.115 e. The van der Waals surface area contributed by atoms with Crippen molar-refractivity contribution in [2.75, 3.05) is 76.0 Å². The van der Waals surface area contributed by atoms with Crippen molar-refractivity contribution < 1.29 is 0 Å². The SMILES string of the molecule is CN(C)c1c(N(C)C)c1=Nc1cccc2c(N=c3c(N(C)C)c3N(C)C)cccc12. The highest BCUT2D eigenvalue weighted by atomic mass is 15.2. The van der Waals surface area contributed by atoms with Crippen LogP contribution in [0.5, 0.6) is 0 Å². The highest BCUT2D eigenvalue weighted by Gasteiger charge is 2.25. The van der Waals surface area contributed by atoms with Crippen molar-refractivity contribution in [2.24, 2.45) is 9.98 Å². The standard InChI is InChI=1S/C24H30N6/c1-27(2)21-19(22(21)28(3)4)25-17-13-9-12-16-15(17)11-10-14-18(16)26-20-23(29(5)6)24(20)30(7)8/h9-14H,1-8H3. The van der Waals surface area contributed by atoms with Crippen molar-refractivity contribution in [1.82, 2.24) is 0 Å². The Morgan fingerprint density at radius 1 is 0.467 bits per heavy atom. The van der Waals surface area contributed by atoms with Crippen LogP contribution in [-0.4, -0.2) is 56.4 Å². The first-order valence-electron chi connectivity index (χ1n) is 10.1. The van der Waals surface area contributed by atoms with Crippen molar-refractivity contribution in [2.45, 2.75) is 0 Å². The number of benzene rings is 2. The van der Waals surface area contributed by atoms with Crippen LogP contribution in [-0.2, 0) is 0 Å². The van der Waals surface area contributed by atoms with Gasteiger partial charge in [0.25, 0.3) is 0 Å². The maximum atomic E-state index is 5.01. The molecule has 6 heteroatoms. The molecule has 0 fully saturated rings. The first-order chi connectivity index (χ1) is 14.2. The predicted octanol–water partition coefficient (Wildman–Crippen LogP) is 3.32. The zero-order valence-corrected chi connectivity index (χ0v) is 19.1. The summed E-state index contributed by atoms with van der Waals surface area (Å²) in [4.78, 5) is 18.5. The van der Waals surface area contributed by atoms with Crippen LogP contribution in [0.25, 0.3) is 10.8 Å². The van der Waals surface area contributed by atoms with Crippen LogP contribution < -0.4 is 30.3 Å². The summed E-state index contributed by atoms with van der Waals surface area (Å²) in [5.41, 5.74) is 6.74. The number of nitrogens with zero attached hydrogens (tertiary/aromatic N) is 6. The molecule has 0 spiro atoms. The molecule has 4 rings (SSSR count). The molecule has 30 heavy (non-hydrogen) atoms. The summed E-state index contributed by atoms with van der Waals surface area (Å²) < 4.78 is 0. The molecular formula is C24H30N6. The van der Waals surface area contributed by atoms with E-state index >= 15 is 0 Å². The molecule has 0 bridgehead atoms. The summed E-state index contributed by atoms with van der Waals surface area (Å²) in [5.74, 6) is 0. The van der Waals surface area contributed by atoms with Gasteiger partial charge in [-0.15, -0.1) is 0 Å². The van der Waals surface area contributed by atoms with E-state index in [4.69, 9.17) is 9.98 Å². The van der Waals surface area contributed by atoms with Gasteiger partial charge in [0.2, 0.25) is 0 Å². The normalized spacial score (nSPS) is 11.3. The van der Waals surface area contributed by atoms with E-state index < -0.39 is 0 Å². The van der Waals surface area contributed by atoms with E-state index in [0.29, 0.717) is 0 Å². The molecule has 6 nitrogen and oxygen atoms in total. The Morgan fingerprint density at radius 2 is 0.767 bits per heavy atom. The Hall–Kier alpha value is -3.28. The molecule has 0 aliphatic rings. The molecule has 0 aliphatic heterocycles. The Morgan fingerprint density at radius 3 is 1.03 bits per heavy atom. The van der Waals surface area contributed by atoms with Crippen molar-refractivity contribution >= 4 is 44.9 Å². The van der Waals surface area contributed by atoms with Gasteiger partial charge >= 0.3 is 0 Å². The van der Waals surface area contributed by atoms with Crippen LogP contribution in [0.3, 0.4) is 0 Å². The molecule has 0 amide bonds. The van der Waals surface area contributed by atoms with E-state index in [1.165, 1.54) is 22.7 Å². The molecule has 0 heterocycles. The third-order valence-electron chi connectivity index (χ3n) is 5.35. The Labute approximate surface area is 178 Å². The van der Waals surface area contributed by atoms with Crippen LogP contribution in [0, 0.1) is 0 Å². The van der Waals surface area contributed by atoms with E-state index in [9.17, 15) is 0 Å². The third-order valence-corrected chi connectivity index (χ3v) is 5.35. The molecule has 0 radical (unpaired) electrons. The summed E-state index contributed by atoms with van der Waals surface area (Å²) >= 11 is 0. The lowest BCUT2D eigenvalue weighted by atomic mass is 10.1. The largest absolute Gasteiger partial charge is 0.374 e. The molecule has 156 valence electrons. The van der Waals surface area contributed by atoms with E-state index in [0.717, 1.165) is 32.9 Å². The minimum atomic E-state index is 0.977. The Kier molecular flexibility index (Phi) is 4.80. The fraction of sp³-hybridized carbons (Fsp3) is 0.333. The van der Waals surface area contributed by atoms with Crippen molar-refractivity contribution in [1.29, 1.82) is 0 Å². The summed E-state index contributed by atoms with van der Waals surface area (Å²) in [6.07, 6.45) is 0.